The molecule has 0 saturated carbocycles. The molecule has 9 heteroatoms. The normalized spacial score (nSPS) is 17.2. The van der Waals surface area contributed by atoms with Gasteiger partial charge in [-0.2, -0.15) is 0 Å². The SMILES string of the molecule is O=C(Nc1ccc(Cl)cc1)Nc1cc(C(=O)NCCc2ccccc2)ccc1N1CC2CC(C1)c1cccc(=O)n1C2. The summed E-state index contributed by atoms with van der Waals surface area (Å²) in [6.07, 6.45) is 1.74. The monoisotopic (exact) mass is 581 g/mol. The summed E-state index contributed by atoms with van der Waals surface area (Å²) in [5.41, 5.74) is 4.68. The van der Waals surface area contributed by atoms with Crippen molar-refractivity contribution in [3.63, 3.8) is 0 Å². The van der Waals surface area contributed by atoms with Crippen LogP contribution in [0.4, 0.5) is 21.9 Å². The molecule has 1 saturated heterocycles. The predicted octanol–water partition coefficient (Wildman–Crippen LogP) is 5.74. The molecule has 3 amide bonds. The molecule has 42 heavy (non-hydrogen) atoms. The summed E-state index contributed by atoms with van der Waals surface area (Å²) in [4.78, 5) is 41.0. The largest absolute Gasteiger partial charge is 0.369 e. The molecule has 2 bridgehead atoms. The summed E-state index contributed by atoms with van der Waals surface area (Å²) in [7, 11) is 0. The first-order valence-corrected chi connectivity index (χ1v) is 14.5. The first-order valence-electron chi connectivity index (χ1n) is 14.2. The molecule has 2 aliphatic heterocycles. The van der Waals surface area contributed by atoms with E-state index in [-0.39, 0.29) is 17.4 Å². The molecule has 3 N–H and O–H groups in total. The van der Waals surface area contributed by atoms with E-state index in [4.69, 9.17) is 11.6 Å². The lowest BCUT2D eigenvalue weighted by Crippen LogP contribution is -2.47. The van der Waals surface area contributed by atoms with Gasteiger partial charge in [0.1, 0.15) is 0 Å². The van der Waals surface area contributed by atoms with E-state index < -0.39 is 6.03 Å². The summed E-state index contributed by atoms with van der Waals surface area (Å²) in [5.74, 6) is 0.290. The van der Waals surface area contributed by atoms with E-state index >= 15 is 0 Å². The van der Waals surface area contributed by atoms with Crippen LogP contribution in [-0.4, -0.2) is 36.1 Å². The molecule has 214 valence electrons. The summed E-state index contributed by atoms with van der Waals surface area (Å²) < 4.78 is 1.90. The molecular weight excluding hydrogens is 550 g/mol. The molecule has 1 fully saturated rings. The van der Waals surface area contributed by atoms with Gasteiger partial charge in [-0.25, -0.2) is 4.79 Å². The molecule has 2 atom stereocenters. The number of rotatable bonds is 7. The molecule has 3 heterocycles. The highest BCUT2D eigenvalue weighted by Crippen LogP contribution is 2.39. The van der Waals surface area contributed by atoms with E-state index in [1.807, 2.05) is 53.1 Å². The third-order valence-electron chi connectivity index (χ3n) is 7.97. The third kappa shape index (κ3) is 6.19. The number of hydrogen-bond donors (Lipinski definition) is 3. The second-order valence-corrected chi connectivity index (χ2v) is 11.3. The van der Waals surface area contributed by atoms with Crippen LogP contribution < -0.4 is 26.4 Å². The Kier molecular flexibility index (Phi) is 7.97. The number of halogens is 1. The second kappa shape index (κ2) is 12.1. The fourth-order valence-corrected chi connectivity index (χ4v) is 6.16. The van der Waals surface area contributed by atoms with Crippen LogP contribution in [-0.2, 0) is 13.0 Å². The molecule has 0 radical (unpaired) electrons. The van der Waals surface area contributed by atoms with E-state index in [1.165, 1.54) is 0 Å². The Bertz CT molecular complexity index is 1650. The number of pyridine rings is 1. The third-order valence-corrected chi connectivity index (χ3v) is 8.22. The molecule has 8 nitrogen and oxygen atoms in total. The first kappa shape index (κ1) is 27.6. The number of urea groups is 1. The lowest BCUT2D eigenvalue weighted by Gasteiger charge is -2.44. The van der Waals surface area contributed by atoms with Gasteiger partial charge in [0.15, 0.2) is 0 Å². The number of anilines is 3. The van der Waals surface area contributed by atoms with Crippen LogP contribution in [0, 0.1) is 5.92 Å². The van der Waals surface area contributed by atoms with Gasteiger partial charge in [-0.15, -0.1) is 0 Å². The minimum atomic E-state index is -0.422. The van der Waals surface area contributed by atoms with Gasteiger partial charge in [0.05, 0.1) is 11.4 Å². The maximum Gasteiger partial charge on any atom is 0.323 e. The Labute approximate surface area is 249 Å². The van der Waals surface area contributed by atoms with Gasteiger partial charge in [-0.05, 0) is 72.9 Å². The Morgan fingerprint density at radius 3 is 2.48 bits per heavy atom. The van der Waals surface area contributed by atoms with Gasteiger partial charge in [-0.3, -0.25) is 9.59 Å². The fraction of sp³-hybridized carbons (Fsp3) is 0.242. The van der Waals surface area contributed by atoms with Gasteiger partial charge < -0.3 is 25.4 Å². The van der Waals surface area contributed by atoms with Crippen molar-refractivity contribution in [1.82, 2.24) is 9.88 Å². The highest BCUT2D eigenvalue weighted by Gasteiger charge is 2.35. The topological polar surface area (TPSA) is 95.5 Å². The van der Waals surface area contributed by atoms with Crippen molar-refractivity contribution in [2.75, 3.05) is 35.2 Å². The minimum absolute atomic E-state index is 0.0412. The molecule has 0 aliphatic carbocycles. The molecule has 2 aliphatic rings. The van der Waals surface area contributed by atoms with Crippen LogP contribution >= 0.6 is 11.6 Å². The molecular formula is C33H32ClN5O3. The van der Waals surface area contributed by atoms with Crippen LogP contribution in [0.2, 0.25) is 5.02 Å². The maximum absolute atomic E-state index is 13.1. The zero-order valence-corrected chi connectivity index (χ0v) is 23.8. The van der Waals surface area contributed by atoms with Crippen molar-refractivity contribution in [2.45, 2.75) is 25.3 Å². The van der Waals surface area contributed by atoms with Crippen molar-refractivity contribution in [2.24, 2.45) is 5.92 Å². The van der Waals surface area contributed by atoms with Crippen molar-refractivity contribution in [3.8, 4) is 0 Å². The fourth-order valence-electron chi connectivity index (χ4n) is 6.03. The zero-order valence-electron chi connectivity index (χ0n) is 23.1. The van der Waals surface area contributed by atoms with Crippen LogP contribution in [0.15, 0.2) is 95.8 Å². The Morgan fingerprint density at radius 2 is 1.67 bits per heavy atom. The Balaban J connectivity index is 1.24. The summed E-state index contributed by atoms with van der Waals surface area (Å²) >= 11 is 5.99. The lowest BCUT2D eigenvalue weighted by atomic mass is 9.83. The van der Waals surface area contributed by atoms with E-state index in [0.29, 0.717) is 47.5 Å². The van der Waals surface area contributed by atoms with Crippen LogP contribution in [0.3, 0.4) is 0 Å². The van der Waals surface area contributed by atoms with Gasteiger partial charge in [-0.1, -0.05) is 48.0 Å². The van der Waals surface area contributed by atoms with E-state index in [9.17, 15) is 14.4 Å². The van der Waals surface area contributed by atoms with Crippen molar-refractivity contribution in [1.29, 1.82) is 0 Å². The number of amides is 3. The quantitative estimate of drug-likeness (QED) is 0.259. The number of aromatic nitrogens is 1. The van der Waals surface area contributed by atoms with Gasteiger partial charge in [0.2, 0.25) is 0 Å². The summed E-state index contributed by atoms with van der Waals surface area (Å²) in [6, 6.07) is 27.4. The standard InChI is InChI=1S/C33H32ClN5O3/c34-26-10-12-27(13-11-26)36-33(42)37-28-18-24(32(41)35-16-15-22-5-2-1-3-6-22)9-14-30(28)38-19-23-17-25(21-38)29-7-4-8-31(40)39(29)20-23/h1-14,18,23,25H,15-17,19-21H2,(H,35,41)(H2,36,37,42). The number of benzene rings is 3. The molecule has 0 spiro atoms. The molecule has 2 unspecified atom stereocenters. The van der Waals surface area contributed by atoms with Gasteiger partial charge in [0.25, 0.3) is 11.5 Å². The Morgan fingerprint density at radius 1 is 0.857 bits per heavy atom. The number of nitrogens with zero attached hydrogens (tertiary/aromatic N) is 2. The first-order chi connectivity index (χ1) is 20.4. The highest BCUT2D eigenvalue weighted by molar-refractivity contribution is 6.30. The smallest absolute Gasteiger partial charge is 0.323 e. The van der Waals surface area contributed by atoms with Crippen LogP contribution in [0.25, 0.3) is 0 Å². The number of fused-ring (bicyclic) bond motifs is 4. The average molecular weight is 582 g/mol. The van der Waals surface area contributed by atoms with E-state index in [2.05, 4.69) is 20.9 Å². The van der Waals surface area contributed by atoms with E-state index in [1.54, 1.807) is 42.5 Å². The minimum Gasteiger partial charge on any atom is -0.369 e. The highest BCUT2D eigenvalue weighted by atomic mass is 35.5. The van der Waals surface area contributed by atoms with Crippen LogP contribution in [0.5, 0.6) is 0 Å². The van der Waals surface area contributed by atoms with Crippen molar-refractivity contribution in [3.05, 3.63) is 123 Å². The van der Waals surface area contributed by atoms with Gasteiger partial charge >= 0.3 is 6.03 Å². The number of nitrogens with one attached hydrogen (secondary N) is 3. The van der Waals surface area contributed by atoms with Gasteiger partial charge in [0, 0.05) is 60.1 Å². The molecule has 3 aromatic carbocycles. The summed E-state index contributed by atoms with van der Waals surface area (Å²) in [6.45, 7) is 2.62. The number of hydrogen-bond acceptors (Lipinski definition) is 4. The second-order valence-electron chi connectivity index (χ2n) is 10.9. The summed E-state index contributed by atoms with van der Waals surface area (Å²) in [5, 5.41) is 9.40. The zero-order chi connectivity index (χ0) is 29.1. The lowest BCUT2D eigenvalue weighted by molar-refractivity contribution is 0.0954. The number of carbonyl (C=O) groups excluding carboxylic acids is 2. The average Bonchev–Trinajstić information content (AvgIpc) is 2.99. The molecule has 1 aromatic heterocycles. The predicted molar refractivity (Wildman–Crippen MR) is 167 cm³/mol. The van der Waals surface area contributed by atoms with Crippen LogP contribution in [0.1, 0.15) is 34.0 Å². The number of piperidine rings is 1. The van der Waals surface area contributed by atoms with Crippen molar-refractivity contribution < 1.29 is 9.59 Å². The number of carbonyl (C=O) groups is 2. The molecule has 6 rings (SSSR count). The van der Waals surface area contributed by atoms with E-state index in [0.717, 1.165) is 36.3 Å². The Hall–Kier alpha value is -4.56. The molecule has 4 aromatic rings. The maximum atomic E-state index is 13.1. The van der Waals surface area contributed by atoms with Crippen molar-refractivity contribution >= 4 is 40.6 Å².